The Balaban J connectivity index is 0.000000595. The third kappa shape index (κ3) is 5.03. The third-order valence-corrected chi connectivity index (χ3v) is 3.53. The summed E-state index contributed by atoms with van der Waals surface area (Å²) in [5.74, 6) is 0.993. The molecule has 0 unspecified atom stereocenters. The summed E-state index contributed by atoms with van der Waals surface area (Å²) in [4.78, 5) is 19.3. The maximum Gasteiger partial charge on any atom is 0.290 e. The zero-order valence-electron chi connectivity index (χ0n) is 13.3. The molecule has 0 radical (unpaired) electrons. The highest BCUT2D eigenvalue weighted by Crippen LogP contribution is 2.22. The van der Waals surface area contributed by atoms with Gasteiger partial charge >= 0.3 is 0 Å². The molecule has 6 nitrogen and oxygen atoms in total. The number of likely N-dealkylation sites (tertiary alicyclic amines) is 1. The van der Waals surface area contributed by atoms with E-state index in [2.05, 4.69) is 27.9 Å². The van der Waals surface area contributed by atoms with Crippen LogP contribution in [0.15, 0.2) is 36.7 Å². The Labute approximate surface area is 135 Å². The molecule has 0 atom stereocenters. The fourth-order valence-corrected chi connectivity index (χ4v) is 2.32. The van der Waals surface area contributed by atoms with Crippen molar-refractivity contribution in [2.24, 2.45) is 0 Å². The van der Waals surface area contributed by atoms with Gasteiger partial charge in [0.25, 0.3) is 6.47 Å². The van der Waals surface area contributed by atoms with Crippen molar-refractivity contribution in [3.63, 3.8) is 0 Å². The van der Waals surface area contributed by atoms with E-state index in [0.29, 0.717) is 0 Å². The molecule has 0 amide bonds. The smallest absolute Gasteiger partial charge is 0.290 e. The Hall–Kier alpha value is -2.47. The van der Waals surface area contributed by atoms with Crippen molar-refractivity contribution in [2.45, 2.75) is 26.5 Å². The van der Waals surface area contributed by atoms with Crippen LogP contribution < -0.4 is 4.74 Å². The van der Waals surface area contributed by atoms with Crippen LogP contribution in [0.1, 0.15) is 17.0 Å². The SMILES string of the molecule is Cc1cnc(CN2CC(Oc3ccccc3C)C2)cn1.O=CO. The molecule has 1 N–H and O–H groups in total. The van der Waals surface area contributed by atoms with E-state index in [9.17, 15) is 0 Å². The molecule has 1 aliphatic rings. The highest BCUT2D eigenvalue weighted by molar-refractivity contribution is 5.33. The number of benzene rings is 1. The zero-order chi connectivity index (χ0) is 16.7. The Morgan fingerprint density at radius 2 is 1.96 bits per heavy atom. The molecule has 6 heteroatoms. The van der Waals surface area contributed by atoms with Crippen molar-refractivity contribution in [1.82, 2.24) is 14.9 Å². The number of para-hydroxylation sites is 1. The summed E-state index contributed by atoms with van der Waals surface area (Å²) in [7, 11) is 0. The molecule has 3 rings (SSSR count). The molecular weight excluding hydrogens is 294 g/mol. The number of aryl methyl sites for hydroxylation is 2. The van der Waals surface area contributed by atoms with Crippen molar-refractivity contribution >= 4 is 6.47 Å². The van der Waals surface area contributed by atoms with Crippen LogP contribution in [0.2, 0.25) is 0 Å². The first-order valence-corrected chi connectivity index (χ1v) is 7.42. The molecule has 1 aliphatic heterocycles. The fourth-order valence-electron chi connectivity index (χ4n) is 2.32. The molecule has 2 heterocycles. The van der Waals surface area contributed by atoms with Gasteiger partial charge in [-0.2, -0.15) is 0 Å². The lowest BCUT2D eigenvalue weighted by atomic mass is 10.1. The Kier molecular flexibility index (Phi) is 6.05. The van der Waals surface area contributed by atoms with Crippen LogP contribution in [-0.4, -0.2) is 45.6 Å². The van der Waals surface area contributed by atoms with Crippen molar-refractivity contribution in [3.05, 3.63) is 53.6 Å². The van der Waals surface area contributed by atoms with Gasteiger partial charge in [-0.25, -0.2) is 0 Å². The van der Waals surface area contributed by atoms with E-state index >= 15 is 0 Å². The minimum Gasteiger partial charge on any atom is -0.487 e. The van der Waals surface area contributed by atoms with Gasteiger partial charge in [-0.3, -0.25) is 19.7 Å². The molecule has 0 aliphatic carbocycles. The molecule has 0 saturated carbocycles. The van der Waals surface area contributed by atoms with Gasteiger partial charge in [0.2, 0.25) is 0 Å². The van der Waals surface area contributed by atoms with Gasteiger partial charge in [0, 0.05) is 32.0 Å². The molecule has 2 aromatic rings. The first kappa shape index (κ1) is 16.9. The minimum absolute atomic E-state index is 0.250. The number of hydrogen-bond donors (Lipinski definition) is 1. The topological polar surface area (TPSA) is 75.5 Å². The summed E-state index contributed by atoms with van der Waals surface area (Å²) < 4.78 is 5.99. The van der Waals surface area contributed by atoms with Crippen LogP contribution in [0.5, 0.6) is 5.75 Å². The van der Waals surface area contributed by atoms with Crippen molar-refractivity contribution in [1.29, 1.82) is 0 Å². The van der Waals surface area contributed by atoms with Crippen LogP contribution in [0.4, 0.5) is 0 Å². The average Bonchev–Trinajstić information content (AvgIpc) is 2.50. The number of aromatic nitrogens is 2. The number of hydrogen-bond acceptors (Lipinski definition) is 5. The minimum atomic E-state index is -0.250. The predicted molar refractivity (Wildman–Crippen MR) is 86.3 cm³/mol. The van der Waals surface area contributed by atoms with E-state index in [-0.39, 0.29) is 12.6 Å². The normalized spacial score (nSPS) is 14.3. The van der Waals surface area contributed by atoms with E-state index in [1.54, 1.807) is 0 Å². The second-order valence-corrected chi connectivity index (χ2v) is 5.45. The Bertz CT molecular complexity index is 625. The quantitative estimate of drug-likeness (QED) is 0.870. The van der Waals surface area contributed by atoms with E-state index in [0.717, 1.165) is 36.8 Å². The maximum absolute atomic E-state index is 8.36. The van der Waals surface area contributed by atoms with E-state index in [1.807, 2.05) is 37.5 Å². The summed E-state index contributed by atoms with van der Waals surface area (Å²) in [6, 6.07) is 8.16. The lowest BCUT2D eigenvalue weighted by molar-refractivity contribution is -0.122. The summed E-state index contributed by atoms with van der Waals surface area (Å²) in [5, 5.41) is 6.89. The molecule has 1 aromatic carbocycles. The standard InChI is InChI=1S/C16H19N3O.CH2O2/c1-12-5-3-4-6-16(12)20-15-10-19(11-15)9-14-8-17-13(2)7-18-14;2-1-3/h3-8,15H,9-11H2,1-2H3;1H,(H,2,3). The summed E-state index contributed by atoms with van der Waals surface area (Å²) >= 11 is 0. The lowest BCUT2D eigenvalue weighted by Crippen LogP contribution is -2.53. The monoisotopic (exact) mass is 315 g/mol. The molecule has 1 aromatic heterocycles. The largest absolute Gasteiger partial charge is 0.487 e. The van der Waals surface area contributed by atoms with Gasteiger partial charge in [0.05, 0.1) is 11.4 Å². The number of nitrogens with zero attached hydrogens (tertiary/aromatic N) is 3. The van der Waals surface area contributed by atoms with Crippen LogP contribution in [0, 0.1) is 13.8 Å². The number of ether oxygens (including phenoxy) is 1. The summed E-state index contributed by atoms with van der Waals surface area (Å²) in [6.45, 7) is 6.52. The van der Waals surface area contributed by atoms with Gasteiger partial charge in [-0.15, -0.1) is 0 Å². The van der Waals surface area contributed by atoms with Crippen molar-refractivity contribution < 1.29 is 14.6 Å². The number of carbonyl (C=O) groups is 1. The van der Waals surface area contributed by atoms with Gasteiger partial charge in [0.15, 0.2) is 0 Å². The second-order valence-electron chi connectivity index (χ2n) is 5.45. The number of rotatable bonds is 4. The average molecular weight is 315 g/mol. The van der Waals surface area contributed by atoms with Gasteiger partial charge in [-0.1, -0.05) is 18.2 Å². The van der Waals surface area contributed by atoms with Gasteiger partial charge in [-0.05, 0) is 25.5 Å². The van der Waals surface area contributed by atoms with Crippen LogP contribution in [-0.2, 0) is 11.3 Å². The maximum atomic E-state index is 8.36. The third-order valence-electron chi connectivity index (χ3n) is 3.53. The molecular formula is C17H21N3O3. The Morgan fingerprint density at radius 3 is 2.57 bits per heavy atom. The molecule has 0 spiro atoms. The molecule has 0 bridgehead atoms. The Morgan fingerprint density at radius 1 is 1.26 bits per heavy atom. The zero-order valence-corrected chi connectivity index (χ0v) is 13.3. The second kappa shape index (κ2) is 8.24. The van der Waals surface area contributed by atoms with Crippen molar-refractivity contribution in [3.8, 4) is 5.75 Å². The van der Waals surface area contributed by atoms with E-state index < -0.39 is 0 Å². The molecule has 23 heavy (non-hydrogen) atoms. The van der Waals surface area contributed by atoms with Crippen LogP contribution in [0.3, 0.4) is 0 Å². The first-order chi connectivity index (χ1) is 11.1. The van der Waals surface area contributed by atoms with E-state index in [4.69, 9.17) is 14.6 Å². The van der Waals surface area contributed by atoms with Crippen LogP contribution in [0.25, 0.3) is 0 Å². The predicted octanol–water partition coefficient (Wildman–Crippen LogP) is 2.06. The number of carboxylic acid groups (broad SMARTS) is 1. The fraction of sp³-hybridized carbons (Fsp3) is 0.353. The highest BCUT2D eigenvalue weighted by atomic mass is 16.5. The van der Waals surface area contributed by atoms with Gasteiger partial charge in [0.1, 0.15) is 11.9 Å². The van der Waals surface area contributed by atoms with Crippen LogP contribution >= 0.6 is 0 Å². The first-order valence-electron chi connectivity index (χ1n) is 7.42. The van der Waals surface area contributed by atoms with E-state index in [1.165, 1.54) is 5.56 Å². The summed E-state index contributed by atoms with van der Waals surface area (Å²) in [6.07, 6.45) is 3.95. The van der Waals surface area contributed by atoms with Crippen molar-refractivity contribution in [2.75, 3.05) is 13.1 Å². The summed E-state index contributed by atoms with van der Waals surface area (Å²) in [5.41, 5.74) is 3.17. The lowest BCUT2D eigenvalue weighted by Gasteiger charge is -2.38. The highest BCUT2D eigenvalue weighted by Gasteiger charge is 2.28. The molecule has 122 valence electrons. The molecule has 1 saturated heterocycles. The van der Waals surface area contributed by atoms with Gasteiger partial charge < -0.3 is 9.84 Å². The molecule has 1 fully saturated rings.